The fraction of sp³-hybridized carbons (Fsp3) is 0.423. The first-order valence-corrected chi connectivity index (χ1v) is 12.7. The van der Waals surface area contributed by atoms with Crippen molar-refractivity contribution in [3.05, 3.63) is 68.6 Å². The summed E-state index contributed by atoms with van der Waals surface area (Å²) in [7, 11) is 0. The lowest BCUT2D eigenvalue weighted by Crippen LogP contribution is -2.48. The van der Waals surface area contributed by atoms with Crippen LogP contribution >= 0.6 is 11.3 Å². The minimum atomic E-state index is -0.0426. The summed E-state index contributed by atoms with van der Waals surface area (Å²) in [5.41, 5.74) is 2.37. The molecule has 1 fully saturated rings. The van der Waals surface area contributed by atoms with E-state index in [9.17, 15) is 9.59 Å². The third-order valence-corrected chi connectivity index (χ3v) is 7.83. The van der Waals surface area contributed by atoms with Crippen molar-refractivity contribution in [2.75, 3.05) is 32.7 Å². The highest BCUT2D eigenvalue weighted by atomic mass is 32.1. The van der Waals surface area contributed by atoms with Gasteiger partial charge in [0.25, 0.3) is 5.56 Å². The zero-order valence-electron chi connectivity index (χ0n) is 18.9. The molecule has 5 rings (SSSR count). The molecule has 1 amide bonds. The topological polar surface area (TPSA) is 69.3 Å². The standard InChI is InChI=1S/C26H30N4O2S/c31-23(30-17-15-29(16-18-30)14-6-9-19-7-2-1-3-8-19)13-12-22-27-25(32)24-20-10-4-5-11-21(20)33-26(24)28-22/h1-3,6-9H,4-5,10-18H2,(H,27,28,32)/b9-6+. The van der Waals surface area contributed by atoms with Gasteiger partial charge in [-0.05, 0) is 36.8 Å². The van der Waals surface area contributed by atoms with E-state index >= 15 is 0 Å². The number of rotatable bonds is 6. The van der Waals surface area contributed by atoms with Gasteiger partial charge in [0.15, 0.2) is 0 Å². The first-order chi connectivity index (χ1) is 16.2. The number of piperazine rings is 1. The van der Waals surface area contributed by atoms with Crippen molar-refractivity contribution in [2.45, 2.75) is 38.5 Å². The number of thiophene rings is 1. The number of H-pyrrole nitrogens is 1. The van der Waals surface area contributed by atoms with E-state index in [1.54, 1.807) is 11.3 Å². The Labute approximate surface area is 198 Å². The van der Waals surface area contributed by atoms with Gasteiger partial charge in [0.2, 0.25) is 5.91 Å². The van der Waals surface area contributed by atoms with E-state index in [1.807, 2.05) is 23.1 Å². The van der Waals surface area contributed by atoms with Crippen molar-refractivity contribution in [1.29, 1.82) is 0 Å². The molecule has 0 spiro atoms. The van der Waals surface area contributed by atoms with E-state index < -0.39 is 0 Å². The molecule has 6 nitrogen and oxygen atoms in total. The second-order valence-corrected chi connectivity index (χ2v) is 9.98. The summed E-state index contributed by atoms with van der Waals surface area (Å²) in [5.74, 6) is 0.770. The summed E-state index contributed by atoms with van der Waals surface area (Å²) in [4.78, 5) is 39.6. The number of hydrogen-bond donors (Lipinski definition) is 1. The first-order valence-electron chi connectivity index (χ1n) is 11.9. The molecule has 1 aliphatic heterocycles. The van der Waals surface area contributed by atoms with Crippen LogP contribution in [0.5, 0.6) is 0 Å². The van der Waals surface area contributed by atoms with Crippen molar-refractivity contribution < 1.29 is 4.79 Å². The molecular weight excluding hydrogens is 432 g/mol. The number of carbonyl (C=O) groups is 1. The van der Waals surface area contributed by atoms with Gasteiger partial charge < -0.3 is 9.88 Å². The van der Waals surface area contributed by atoms with Crippen LogP contribution in [0.3, 0.4) is 0 Å². The zero-order valence-corrected chi connectivity index (χ0v) is 19.7. The molecular formula is C26H30N4O2S. The van der Waals surface area contributed by atoms with Crippen LogP contribution in [0.15, 0.2) is 41.2 Å². The summed E-state index contributed by atoms with van der Waals surface area (Å²) < 4.78 is 0. The predicted octanol–water partition coefficient (Wildman–Crippen LogP) is 3.65. The number of aromatic nitrogens is 2. The Hall–Kier alpha value is -2.77. The van der Waals surface area contributed by atoms with Gasteiger partial charge in [0.1, 0.15) is 10.7 Å². The summed E-state index contributed by atoms with van der Waals surface area (Å²) in [6, 6.07) is 10.3. The molecule has 0 unspecified atom stereocenters. The molecule has 1 aromatic carbocycles. The van der Waals surface area contributed by atoms with E-state index in [4.69, 9.17) is 4.98 Å². The van der Waals surface area contributed by atoms with Crippen molar-refractivity contribution >= 4 is 33.5 Å². The predicted molar refractivity (Wildman–Crippen MR) is 134 cm³/mol. The quantitative estimate of drug-likeness (QED) is 0.607. The lowest BCUT2D eigenvalue weighted by molar-refractivity contribution is -0.132. The molecule has 33 heavy (non-hydrogen) atoms. The molecule has 172 valence electrons. The second kappa shape index (κ2) is 10.0. The van der Waals surface area contributed by atoms with Gasteiger partial charge >= 0.3 is 0 Å². The second-order valence-electron chi connectivity index (χ2n) is 8.90. The number of amides is 1. The maximum atomic E-state index is 12.8. The molecule has 2 aromatic heterocycles. The fourth-order valence-corrected chi connectivity index (χ4v) is 6.07. The highest BCUT2D eigenvalue weighted by Gasteiger charge is 2.22. The number of carbonyl (C=O) groups excluding carboxylic acids is 1. The number of nitrogens with zero attached hydrogens (tertiary/aromatic N) is 3. The Bertz CT molecular complexity index is 1210. The highest BCUT2D eigenvalue weighted by molar-refractivity contribution is 7.18. The molecule has 0 bridgehead atoms. The Kier molecular flexibility index (Phi) is 6.69. The number of benzene rings is 1. The van der Waals surface area contributed by atoms with E-state index in [0.29, 0.717) is 18.7 Å². The SMILES string of the molecule is O=C(CCc1nc2sc3c(c2c(=O)[nH]1)CCCC3)N1CCN(C/C=C/c2ccccc2)CC1. The summed E-state index contributed by atoms with van der Waals surface area (Å²) in [5, 5.41) is 0.780. The van der Waals surface area contributed by atoms with Crippen molar-refractivity contribution in [3.8, 4) is 0 Å². The van der Waals surface area contributed by atoms with E-state index in [-0.39, 0.29) is 11.5 Å². The van der Waals surface area contributed by atoms with Crippen LogP contribution < -0.4 is 5.56 Å². The molecule has 3 aromatic rings. The van der Waals surface area contributed by atoms with Crippen LogP contribution in [0.4, 0.5) is 0 Å². The van der Waals surface area contributed by atoms with Gasteiger partial charge in [-0.2, -0.15) is 0 Å². The Balaban J connectivity index is 1.12. The molecule has 0 radical (unpaired) electrons. The maximum Gasteiger partial charge on any atom is 0.259 e. The van der Waals surface area contributed by atoms with Gasteiger partial charge in [-0.1, -0.05) is 42.5 Å². The van der Waals surface area contributed by atoms with Gasteiger partial charge in [-0.25, -0.2) is 4.98 Å². The summed E-state index contributed by atoms with van der Waals surface area (Å²) in [6.45, 7) is 4.16. The molecule has 2 aliphatic rings. The smallest absolute Gasteiger partial charge is 0.259 e. The molecule has 0 saturated carbocycles. The average Bonchev–Trinajstić information content (AvgIpc) is 3.22. The third kappa shape index (κ3) is 5.09. The third-order valence-electron chi connectivity index (χ3n) is 6.65. The monoisotopic (exact) mass is 462 g/mol. The van der Waals surface area contributed by atoms with E-state index in [1.165, 1.54) is 22.4 Å². The van der Waals surface area contributed by atoms with Crippen LogP contribution in [0.2, 0.25) is 0 Å². The van der Waals surface area contributed by atoms with Crippen molar-refractivity contribution in [1.82, 2.24) is 19.8 Å². The molecule has 7 heteroatoms. The number of aryl methyl sites for hydroxylation is 3. The van der Waals surface area contributed by atoms with Crippen LogP contribution in [0.1, 0.15) is 41.1 Å². The molecule has 1 saturated heterocycles. The number of aromatic amines is 1. The van der Waals surface area contributed by atoms with Crippen molar-refractivity contribution in [3.63, 3.8) is 0 Å². The average molecular weight is 463 g/mol. The Morgan fingerprint density at radius 2 is 1.88 bits per heavy atom. The molecule has 1 N–H and O–H groups in total. The zero-order chi connectivity index (χ0) is 22.6. The highest BCUT2D eigenvalue weighted by Crippen LogP contribution is 2.33. The van der Waals surface area contributed by atoms with Gasteiger partial charge in [0.05, 0.1) is 5.39 Å². The molecule has 1 aliphatic carbocycles. The first kappa shape index (κ1) is 22.0. The lowest BCUT2D eigenvalue weighted by Gasteiger charge is -2.34. The number of hydrogen-bond acceptors (Lipinski definition) is 5. The van der Waals surface area contributed by atoms with E-state index in [2.05, 4.69) is 34.2 Å². The van der Waals surface area contributed by atoms with Crippen LogP contribution in [-0.2, 0) is 24.1 Å². The van der Waals surface area contributed by atoms with Gasteiger partial charge in [0, 0.05) is 50.4 Å². The lowest BCUT2D eigenvalue weighted by atomic mass is 9.97. The van der Waals surface area contributed by atoms with Gasteiger partial charge in [-0.15, -0.1) is 11.3 Å². The molecule has 0 atom stereocenters. The normalized spacial score (nSPS) is 17.0. The largest absolute Gasteiger partial charge is 0.340 e. The van der Waals surface area contributed by atoms with Crippen LogP contribution in [-0.4, -0.2) is 58.4 Å². The summed E-state index contributed by atoms with van der Waals surface area (Å²) in [6.07, 6.45) is 9.56. The Morgan fingerprint density at radius 1 is 1.09 bits per heavy atom. The number of nitrogens with one attached hydrogen (secondary N) is 1. The molecule has 3 heterocycles. The Morgan fingerprint density at radius 3 is 2.70 bits per heavy atom. The fourth-order valence-electron chi connectivity index (χ4n) is 4.79. The van der Waals surface area contributed by atoms with Crippen molar-refractivity contribution in [2.24, 2.45) is 0 Å². The van der Waals surface area contributed by atoms with Crippen LogP contribution in [0.25, 0.3) is 16.3 Å². The minimum Gasteiger partial charge on any atom is -0.340 e. The van der Waals surface area contributed by atoms with Crippen LogP contribution in [0, 0.1) is 0 Å². The minimum absolute atomic E-state index is 0.0426. The number of fused-ring (bicyclic) bond motifs is 3. The maximum absolute atomic E-state index is 12.8. The van der Waals surface area contributed by atoms with E-state index in [0.717, 1.165) is 62.2 Å². The summed E-state index contributed by atoms with van der Waals surface area (Å²) >= 11 is 1.66. The van der Waals surface area contributed by atoms with Gasteiger partial charge in [-0.3, -0.25) is 14.5 Å².